The maximum Gasteiger partial charge on any atom is 0.303 e. The van der Waals surface area contributed by atoms with E-state index in [-0.39, 0.29) is 12.1 Å². The van der Waals surface area contributed by atoms with E-state index >= 15 is 0 Å². The average Bonchev–Trinajstić information content (AvgIpc) is 1.82. The second-order valence-electron chi connectivity index (χ2n) is 1.84. The van der Waals surface area contributed by atoms with Gasteiger partial charge in [-0.25, -0.2) is 0 Å². The van der Waals surface area contributed by atoms with Crippen LogP contribution in [0.2, 0.25) is 0 Å². The Morgan fingerprint density at radius 1 is 1.60 bits per heavy atom. The molecule has 0 aliphatic heterocycles. The Balaban J connectivity index is 3.62. The third kappa shape index (κ3) is 5.03. The molecule has 0 aliphatic carbocycles. The first-order valence-corrected chi connectivity index (χ1v) is 2.96. The molecule has 0 fully saturated rings. The Bertz CT molecular complexity index is 149. The summed E-state index contributed by atoms with van der Waals surface area (Å²) in [7, 11) is 0. The second kappa shape index (κ2) is 4.73. The van der Waals surface area contributed by atoms with Crippen molar-refractivity contribution in [3.8, 4) is 0 Å². The molecular weight excluding hydrogens is 132 g/mol. The van der Waals surface area contributed by atoms with Crippen LogP contribution in [-0.4, -0.2) is 18.4 Å². The molecule has 1 atom stereocenters. The van der Waals surface area contributed by atoms with E-state index in [1.165, 1.54) is 19.1 Å². The van der Waals surface area contributed by atoms with E-state index in [4.69, 9.17) is 0 Å². The third-order valence-corrected chi connectivity index (χ3v) is 0.813. The van der Waals surface area contributed by atoms with Crippen molar-refractivity contribution in [3.05, 3.63) is 12.2 Å². The maximum atomic E-state index is 10.3. The Hall–Kier alpha value is -1.12. The van der Waals surface area contributed by atoms with Gasteiger partial charge < -0.3 is 4.74 Å². The van der Waals surface area contributed by atoms with Crippen LogP contribution in [0.25, 0.3) is 0 Å². The van der Waals surface area contributed by atoms with Crippen molar-refractivity contribution in [3.63, 3.8) is 0 Å². The molecule has 0 aliphatic rings. The molecule has 0 saturated heterocycles. The fourth-order valence-electron chi connectivity index (χ4n) is 0.503. The third-order valence-electron chi connectivity index (χ3n) is 0.813. The fraction of sp³-hybridized carbons (Fsp3) is 0.429. The molecule has 0 rings (SSSR count). The highest BCUT2D eigenvalue weighted by Crippen LogP contribution is 1.91. The van der Waals surface area contributed by atoms with Crippen LogP contribution in [0.15, 0.2) is 12.2 Å². The first-order valence-electron chi connectivity index (χ1n) is 2.96. The van der Waals surface area contributed by atoms with Crippen LogP contribution in [-0.2, 0) is 14.3 Å². The lowest BCUT2D eigenvalue weighted by atomic mass is 10.3. The van der Waals surface area contributed by atoms with Crippen LogP contribution in [0, 0.1) is 0 Å². The number of esters is 1. The predicted molar refractivity (Wildman–Crippen MR) is 36.4 cm³/mol. The molecule has 3 nitrogen and oxygen atoms in total. The van der Waals surface area contributed by atoms with Gasteiger partial charge >= 0.3 is 5.97 Å². The summed E-state index contributed by atoms with van der Waals surface area (Å²) in [4.78, 5) is 20.0. The van der Waals surface area contributed by atoms with E-state index in [2.05, 4.69) is 4.74 Å². The highest BCUT2D eigenvalue weighted by molar-refractivity contribution is 5.67. The monoisotopic (exact) mass is 142 g/mol. The molecule has 3 heteroatoms. The molecule has 0 amide bonds. The maximum absolute atomic E-state index is 10.3. The molecule has 0 N–H and O–H groups in total. The van der Waals surface area contributed by atoms with Gasteiger partial charge in [0.15, 0.2) is 0 Å². The summed E-state index contributed by atoms with van der Waals surface area (Å²) in [5, 5.41) is 0. The number of hydrogen-bond acceptors (Lipinski definition) is 3. The molecule has 56 valence electrons. The van der Waals surface area contributed by atoms with Crippen molar-refractivity contribution in [2.75, 3.05) is 0 Å². The van der Waals surface area contributed by atoms with Gasteiger partial charge in [0.05, 0.1) is 0 Å². The summed E-state index contributed by atoms with van der Waals surface area (Å²) in [6.07, 6.45) is 3.13. The molecule has 0 bridgehead atoms. The molecular formula is C7H10O3. The Labute approximate surface area is 59.7 Å². The van der Waals surface area contributed by atoms with Gasteiger partial charge in [-0.15, -0.1) is 0 Å². The van der Waals surface area contributed by atoms with Crippen molar-refractivity contribution in [1.82, 2.24) is 0 Å². The van der Waals surface area contributed by atoms with Crippen LogP contribution in [0.5, 0.6) is 0 Å². The molecule has 0 saturated carbocycles. The van der Waals surface area contributed by atoms with Gasteiger partial charge in [0.2, 0.25) is 0 Å². The van der Waals surface area contributed by atoms with Crippen LogP contribution in [0.4, 0.5) is 0 Å². The van der Waals surface area contributed by atoms with E-state index < -0.39 is 0 Å². The molecule has 0 radical (unpaired) electrons. The fourth-order valence-corrected chi connectivity index (χ4v) is 0.503. The first-order chi connectivity index (χ1) is 4.66. The molecule has 0 spiro atoms. The predicted octanol–water partition coefficient (Wildman–Crippen LogP) is 0.693. The van der Waals surface area contributed by atoms with Crippen LogP contribution in [0.1, 0.15) is 13.8 Å². The van der Waals surface area contributed by atoms with Crippen LogP contribution >= 0.6 is 0 Å². The molecule has 0 aromatic rings. The highest BCUT2D eigenvalue weighted by atomic mass is 16.5. The Kier molecular flexibility index (Phi) is 4.20. The topological polar surface area (TPSA) is 43.4 Å². The number of carbonyl (C=O) groups excluding carboxylic acids is 2. The number of allylic oxidation sites excluding steroid dienone is 1. The standard InChI is InChI=1S/C7H10O3/c1-6(4-3-5-8)10-7(2)9/h3-6H,1-2H3. The van der Waals surface area contributed by atoms with Gasteiger partial charge in [-0.2, -0.15) is 0 Å². The van der Waals surface area contributed by atoms with Crippen molar-refractivity contribution in [1.29, 1.82) is 0 Å². The van der Waals surface area contributed by atoms with E-state index in [9.17, 15) is 9.59 Å². The van der Waals surface area contributed by atoms with Gasteiger partial charge in [-0.3, -0.25) is 9.59 Å². The SMILES string of the molecule is CC(=O)OC(C)C=CC=O. The minimum atomic E-state index is -0.344. The largest absolute Gasteiger partial charge is 0.459 e. The van der Waals surface area contributed by atoms with E-state index in [0.717, 1.165) is 0 Å². The summed E-state index contributed by atoms with van der Waals surface area (Å²) in [6, 6.07) is 0. The number of ether oxygens (including phenoxy) is 1. The van der Waals surface area contributed by atoms with E-state index in [0.29, 0.717) is 6.29 Å². The summed E-state index contributed by atoms with van der Waals surface area (Å²) < 4.78 is 4.67. The van der Waals surface area contributed by atoms with Gasteiger partial charge in [-0.05, 0) is 19.1 Å². The Morgan fingerprint density at radius 2 is 2.20 bits per heavy atom. The van der Waals surface area contributed by atoms with Crippen LogP contribution in [0.3, 0.4) is 0 Å². The van der Waals surface area contributed by atoms with Crippen molar-refractivity contribution < 1.29 is 14.3 Å². The lowest BCUT2D eigenvalue weighted by molar-refractivity contribution is -0.143. The molecule has 0 aromatic carbocycles. The van der Waals surface area contributed by atoms with Gasteiger partial charge in [0.25, 0.3) is 0 Å². The molecule has 0 heterocycles. The lowest BCUT2D eigenvalue weighted by Gasteiger charge is -2.04. The summed E-state index contributed by atoms with van der Waals surface area (Å²) >= 11 is 0. The van der Waals surface area contributed by atoms with Crippen LogP contribution < -0.4 is 0 Å². The van der Waals surface area contributed by atoms with E-state index in [1.54, 1.807) is 6.92 Å². The molecule has 1 unspecified atom stereocenters. The second-order valence-corrected chi connectivity index (χ2v) is 1.84. The Morgan fingerprint density at radius 3 is 2.60 bits per heavy atom. The number of aldehydes is 1. The molecule has 0 aromatic heterocycles. The highest BCUT2D eigenvalue weighted by Gasteiger charge is 1.97. The van der Waals surface area contributed by atoms with Crippen molar-refractivity contribution in [2.24, 2.45) is 0 Å². The van der Waals surface area contributed by atoms with Gasteiger partial charge in [-0.1, -0.05) is 0 Å². The summed E-state index contributed by atoms with van der Waals surface area (Å²) in [6.45, 7) is 3.01. The van der Waals surface area contributed by atoms with E-state index in [1.807, 2.05) is 0 Å². The number of rotatable bonds is 3. The zero-order chi connectivity index (χ0) is 7.98. The smallest absolute Gasteiger partial charge is 0.303 e. The molecule has 10 heavy (non-hydrogen) atoms. The minimum Gasteiger partial charge on any atom is -0.459 e. The quantitative estimate of drug-likeness (QED) is 0.331. The summed E-state index contributed by atoms with van der Waals surface area (Å²) in [5.74, 6) is -0.344. The number of carbonyl (C=O) groups is 2. The summed E-state index contributed by atoms with van der Waals surface area (Å²) in [5.41, 5.74) is 0. The minimum absolute atomic E-state index is 0.317. The lowest BCUT2D eigenvalue weighted by Crippen LogP contribution is -2.08. The van der Waals surface area contributed by atoms with Crippen molar-refractivity contribution in [2.45, 2.75) is 20.0 Å². The normalized spacial score (nSPS) is 13.0. The zero-order valence-corrected chi connectivity index (χ0v) is 6.03. The zero-order valence-electron chi connectivity index (χ0n) is 6.03. The van der Waals surface area contributed by atoms with Gasteiger partial charge in [0.1, 0.15) is 12.4 Å². The first kappa shape index (κ1) is 8.88. The number of hydrogen-bond donors (Lipinski definition) is 0. The van der Waals surface area contributed by atoms with Crippen molar-refractivity contribution >= 4 is 12.3 Å². The van der Waals surface area contributed by atoms with Gasteiger partial charge in [0, 0.05) is 6.92 Å². The average molecular weight is 142 g/mol.